The predicted octanol–water partition coefficient (Wildman–Crippen LogP) is 6.24. The monoisotopic (exact) mass is 548 g/mol. The molecule has 0 saturated carbocycles. The summed E-state index contributed by atoms with van der Waals surface area (Å²) in [5, 5.41) is 9.93. The molecule has 1 aliphatic carbocycles. The minimum Gasteiger partial charge on any atom is -0.497 e. The van der Waals surface area contributed by atoms with E-state index < -0.39 is 11.4 Å². The van der Waals surface area contributed by atoms with Gasteiger partial charge in [-0.05, 0) is 37.3 Å². The number of fused-ring (bicyclic) bond motifs is 1. The van der Waals surface area contributed by atoms with Crippen molar-refractivity contribution in [2.75, 3.05) is 31.7 Å². The van der Waals surface area contributed by atoms with Crippen LogP contribution < -0.4 is 20.3 Å². The van der Waals surface area contributed by atoms with Crippen LogP contribution in [0.25, 0.3) is 0 Å². The highest BCUT2D eigenvalue weighted by molar-refractivity contribution is 6.37. The fourth-order valence-electron chi connectivity index (χ4n) is 5.14. The number of hydrogen-bond acceptors (Lipinski definition) is 8. The van der Waals surface area contributed by atoms with E-state index in [2.05, 4.69) is 10.9 Å². The zero-order valence-corrected chi connectivity index (χ0v) is 23.3. The largest absolute Gasteiger partial charge is 0.497 e. The molecule has 0 spiro atoms. The summed E-state index contributed by atoms with van der Waals surface area (Å²) in [6.07, 6.45) is -0.0667. The van der Waals surface area contributed by atoms with Crippen LogP contribution in [0.1, 0.15) is 30.0 Å². The van der Waals surface area contributed by atoms with E-state index in [9.17, 15) is 4.79 Å². The smallest absolute Gasteiger partial charge is 0.307 e. The van der Waals surface area contributed by atoms with Gasteiger partial charge in [0.05, 0.1) is 55.5 Å². The summed E-state index contributed by atoms with van der Waals surface area (Å²) in [6.45, 7) is 2.03. The highest BCUT2D eigenvalue weighted by Gasteiger charge is 2.54. The number of nitrogens with zero attached hydrogens (tertiary/aromatic N) is 2. The predicted molar refractivity (Wildman–Crippen MR) is 162 cm³/mol. The quantitative estimate of drug-likeness (QED) is 0.180. The topological polar surface area (TPSA) is 93.5 Å². The molecule has 0 unspecified atom stereocenters. The van der Waals surface area contributed by atoms with Gasteiger partial charge in [0.15, 0.2) is 0 Å². The molecule has 4 aromatic carbocycles. The summed E-state index contributed by atoms with van der Waals surface area (Å²) in [4.78, 5) is 13.5. The molecular formula is C33H32N4O4. The number of para-hydroxylation sites is 2. The number of rotatable bonds is 10. The first-order valence-corrected chi connectivity index (χ1v) is 13.4. The van der Waals surface area contributed by atoms with E-state index in [1.807, 2.05) is 97.1 Å². The number of hydrogen-bond donors (Lipinski definition) is 2. The number of benzene rings is 4. The van der Waals surface area contributed by atoms with Gasteiger partial charge in [0.1, 0.15) is 11.5 Å². The number of ether oxygens (including phenoxy) is 3. The molecule has 0 heterocycles. The van der Waals surface area contributed by atoms with Crippen molar-refractivity contribution < 1.29 is 19.0 Å². The number of carbonyl (C=O) groups is 1. The van der Waals surface area contributed by atoms with Gasteiger partial charge in [-0.2, -0.15) is 10.2 Å². The van der Waals surface area contributed by atoms with E-state index in [0.717, 1.165) is 22.5 Å². The second kappa shape index (κ2) is 12.4. The van der Waals surface area contributed by atoms with Gasteiger partial charge in [0.25, 0.3) is 0 Å². The molecule has 0 saturated heterocycles. The molecule has 0 radical (unpaired) electrons. The number of nitrogens with one attached hydrogen (secondary N) is 2. The van der Waals surface area contributed by atoms with Crippen molar-refractivity contribution in [3.8, 4) is 11.5 Å². The summed E-state index contributed by atoms with van der Waals surface area (Å²) < 4.78 is 16.9. The van der Waals surface area contributed by atoms with Gasteiger partial charge in [-0.15, -0.1) is 0 Å². The highest BCUT2D eigenvalue weighted by Crippen LogP contribution is 2.48. The van der Waals surface area contributed by atoms with E-state index >= 15 is 0 Å². The Labute approximate surface area is 239 Å². The summed E-state index contributed by atoms with van der Waals surface area (Å²) in [5.41, 5.74) is 10.4. The Morgan fingerprint density at radius 3 is 1.76 bits per heavy atom. The molecule has 8 nitrogen and oxygen atoms in total. The third-order valence-electron chi connectivity index (χ3n) is 6.97. The first kappa shape index (κ1) is 27.5. The lowest BCUT2D eigenvalue weighted by atomic mass is 9.72. The average Bonchev–Trinajstić information content (AvgIpc) is 3.28. The van der Waals surface area contributed by atoms with Gasteiger partial charge >= 0.3 is 5.97 Å². The third-order valence-corrected chi connectivity index (χ3v) is 6.97. The summed E-state index contributed by atoms with van der Waals surface area (Å²) in [7, 11) is 3.19. The molecule has 208 valence electrons. The van der Waals surface area contributed by atoms with Gasteiger partial charge in [0, 0.05) is 22.8 Å². The maximum atomic E-state index is 13.5. The summed E-state index contributed by atoms with van der Waals surface area (Å²) >= 11 is 0. The van der Waals surface area contributed by atoms with Gasteiger partial charge in [-0.3, -0.25) is 15.6 Å². The molecule has 1 aliphatic rings. The number of methoxy groups -OCH3 is 2. The summed E-state index contributed by atoms with van der Waals surface area (Å²) in [5.74, 6) is 0.758. The van der Waals surface area contributed by atoms with Gasteiger partial charge in [0.2, 0.25) is 0 Å². The highest BCUT2D eigenvalue weighted by atomic mass is 16.5. The number of hydrazone groups is 2. The number of anilines is 2. The van der Waals surface area contributed by atoms with Crippen LogP contribution >= 0.6 is 0 Å². The van der Waals surface area contributed by atoms with Crippen molar-refractivity contribution in [2.24, 2.45) is 10.2 Å². The molecule has 8 heteroatoms. The SMILES string of the molecule is CCOC(=O)CC1(c2ccc(OC)cc2OC)/C(=N/Nc2ccccc2)c2ccccc2/C1=N\Nc1ccccc1. The molecule has 4 aromatic rings. The molecule has 0 fully saturated rings. The Balaban J connectivity index is 1.81. The van der Waals surface area contributed by atoms with Crippen molar-refractivity contribution >= 4 is 28.8 Å². The molecule has 5 rings (SSSR count). The van der Waals surface area contributed by atoms with Crippen LogP contribution in [0.5, 0.6) is 11.5 Å². The van der Waals surface area contributed by atoms with E-state index in [1.54, 1.807) is 27.2 Å². The third kappa shape index (κ3) is 5.49. The van der Waals surface area contributed by atoms with Crippen molar-refractivity contribution in [2.45, 2.75) is 18.8 Å². The van der Waals surface area contributed by atoms with Crippen molar-refractivity contribution in [1.82, 2.24) is 0 Å². The van der Waals surface area contributed by atoms with Crippen LogP contribution in [0.3, 0.4) is 0 Å². The lowest BCUT2D eigenvalue weighted by Crippen LogP contribution is -2.43. The van der Waals surface area contributed by atoms with Gasteiger partial charge in [-0.1, -0.05) is 66.7 Å². The lowest BCUT2D eigenvalue weighted by molar-refractivity contribution is -0.143. The maximum absolute atomic E-state index is 13.5. The minimum absolute atomic E-state index is 0.0667. The van der Waals surface area contributed by atoms with Crippen LogP contribution in [-0.4, -0.2) is 38.2 Å². The first-order chi connectivity index (χ1) is 20.1. The fourth-order valence-corrected chi connectivity index (χ4v) is 5.14. The number of carbonyl (C=O) groups excluding carboxylic acids is 1. The van der Waals surface area contributed by atoms with E-state index in [1.165, 1.54) is 0 Å². The van der Waals surface area contributed by atoms with Crippen molar-refractivity contribution in [3.05, 3.63) is 120 Å². The van der Waals surface area contributed by atoms with Gasteiger partial charge in [-0.25, -0.2) is 0 Å². The van der Waals surface area contributed by atoms with E-state index in [4.69, 9.17) is 24.4 Å². The Morgan fingerprint density at radius 2 is 1.27 bits per heavy atom. The van der Waals surface area contributed by atoms with Gasteiger partial charge < -0.3 is 14.2 Å². The lowest BCUT2D eigenvalue weighted by Gasteiger charge is -2.32. The average molecular weight is 549 g/mol. The first-order valence-electron chi connectivity index (χ1n) is 13.4. The van der Waals surface area contributed by atoms with Crippen molar-refractivity contribution in [1.29, 1.82) is 0 Å². The molecular weight excluding hydrogens is 516 g/mol. The Morgan fingerprint density at radius 1 is 0.732 bits per heavy atom. The zero-order valence-electron chi connectivity index (χ0n) is 23.3. The molecule has 0 aliphatic heterocycles. The van der Waals surface area contributed by atoms with Crippen molar-refractivity contribution in [3.63, 3.8) is 0 Å². The normalized spacial score (nSPS) is 17.6. The van der Waals surface area contributed by atoms with Crippen LogP contribution in [0.15, 0.2) is 113 Å². The molecule has 0 atom stereocenters. The zero-order chi connectivity index (χ0) is 28.7. The Hall–Kier alpha value is -5.11. The Kier molecular flexibility index (Phi) is 8.29. The fraction of sp³-hybridized carbons (Fsp3) is 0.182. The standard InChI is InChI=1S/C33H32N4O4/c1-4-41-30(38)22-33(28-20-19-25(39-2)21-29(28)40-3)31(36-34-23-13-7-5-8-14-23)26-17-11-12-18-27(26)32(33)37-35-24-15-9-6-10-16-24/h5-21,34-35H,4,22H2,1-3H3/b36-31+,37-32+. The van der Waals surface area contributed by atoms with Crippen LogP contribution in [0.2, 0.25) is 0 Å². The van der Waals surface area contributed by atoms with Crippen LogP contribution in [0.4, 0.5) is 11.4 Å². The van der Waals surface area contributed by atoms with Crippen LogP contribution in [0, 0.1) is 0 Å². The van der Waals surface area contributed by atoms with E-state index in [0.29, 0.717) is 28.5 Å². The molecule has 0 aromatic heterocycles. The Bertz CT molecular complexity index is 1490. The molecule has 2 N–H and O–H groups in total. The maximum Gasteiger partial charge on any atom is 0.307 e. The molecule has 0 bridgehead atoms. The molecule has 41 heavy (non-hydrogen) atoms. The second-order valence-electron chi connectivity index (χ2n) is 9.38. The summed E-state index contributed by atoms with van der Waals surface area (Å²) in [6, 6.07) is 32.7. The van der Waals surface area contributed by atoms with E-state index in [-0.39, 0.29) is 13.0 Å². The molecule has 0 amide bonds. The minimum atomic E-state index is -1.18. The number of esters is 1. The second-order valence-corrected chi connectivity index (χ2v) is 9.38. The van der Waals surface area contributed by atoms with Crippen LogP contribution in [-0.2, 0) is 14.9 Å².